The second-order valence-corrected chi connectivity index (χ2v) is 13.3. The van der Waals surface area contributed by atoms with Gasteiger partial charge in [-0.1, -0.05) is 73.4 Å². The van der Waals surface area contributed by atoms with E-state index in [2.05, 4.69) is 60.4 Å². The van der Waals surface area contributed by atoms with Crippen LogP contribution in [0.3, 0.4) is 0 Å². The van der Waals surface area contributed by atoms with Gasteiger partial charge in [0, 0.05) is 44.4 Å². The van der Waals surface area contributed by atoms with E-state index in [1.54, 1.807) is 39.1 Å². The summed E-state index contributed by atoms with van der Waals surface area (Å²) in [5, 5.41) is 7.33. The summed E-state index contributed by atoms with van der Waals surface area (Å²) in [6.07, 6.45) is 0. The summed E-state index contributed by atoms with van der Waals surface area (Å²) in [7, 11) is 6.57. The number of nitrogens with one attached hydrogen (secondary N) is 2. The quantitative estimate of drug-likeness (QED) is 0.123. The Morgan fingerprint density at radius 2 is 1.16 bits per heavy atom. The van der Waals surface area contributed by atoms with Crippen LogP contribution in [0, 0.1) is 13.8 Å². The first-order valence-electron chi connectivity index (χ1n) is 16.4. The molecule has 0 fully saturated rings. The van der Waals surface area contributed by atoms with Crippen molar-refractivity contribution in [2.45, 2.75) is 73.0 Å². The van der Waals surface area contributed by atoms with Crippen LogP contribution in [0.1, 0.15) is 54.2 Å². The highest BCUT2D eigenvalue weighted by Gasteiger charge is 2.19. The Labute approximate surface area is 305 Å². The van der Waals surface area contributed by atoms with Crippen LogP contribution in [-0.2, 0) is 31.1 Å². The smallest absolute Gasteiger partial charge is 0.238 e. The molecule has 0 aliphatic heterocycles. The average molecular weight is 725 g/mol. The van der Waals surface area contributed by atoms with Gasteiger partial charge in [-0.3, -0.25) is 4.79 Å². The number of amides is 1. The van der Waals surface area contributed by atoms with Gasteiger partial charge in [-0.15, -0.1) is 0 Å². The summed E-state index contributed by atoms with van der Waals surface area (Å²) in [5.41, 5.74) is 7.86. The molecule has 4 rings (SSSR count). The van der Waals surface area contributed by atoms with E-state index in [9.17, 15) is 4.79 Å². The van der Waals surface area contributed by atoms with Crippen LogP contribution in [0.25, 0.3) is 11.1 Å². The van der Waals surface area contributed by atoms with E-state index in [1.807, 2.05) is 30.3 Å². The molecule has 1 unspecified atom stereocenters. The number of ether oxygens (including phenoxy) is 4. The van der Waals surface area contributed by atoms with Crippen LogP contribution in [0.15, 0.2) is 48.5 Å². The number of pyridine rings is 2. The molecule has 0 aliphatic rings. The monoisotopic (exact) mass is 723 g/mol. The minimum absolute atomic E-state index is 0.0321. The first kappa shape index (κ1) is 38.7. The molecule has 0 saturated carbocycles. The van der Waals surface area contributed by atoms with Crippen molar-refractivity contribution < 1.29 is 23.7 Å². The van der Waals surface area contributed by atoms with Crippen LogP contribution in [0.5, 0.6) is 23.5 Å². The Morgan fingerprint density at radius 1 is 0.720 bits per heavy atom. The zero-order chi connectivity index (χ0) is 36.5. The van der Waals surface area contributed by atoms with Crippen molar-refractivity contribution in [2.24, 2.45) is 0 Å². The second-order valence-electron chi connectivity index (χ2n) is 12.5. The van der Waals surface area contributed by atoms with Gasteiger partial charge in [0.15, 0.2) is 0 Å². The summed E-state index contributed by atoms with van der Waals surface area (Å²) >= 11 is 13.2. The number of aromatic nitrogens is 2. The third-order valence-corrected chi connectivity index (χ3v) is 8.92. The van der Waals surface area contributed by atoms with Crippen molar-refractivity contribution in [1.29, 1.82) is 0 Å². The molecule has 268 valence electrons. The first-order chi connectivity index (χ1) is 23.8. The van der Waals surface area contributed by atoms with Gasteiger partial charge >= 0.3 is 0 Å². The number of benzene rings is 2. The van der Waals surface area contributed by atoms with E-state index in [0.29, 0.717) is 52.4 Å². The van der Waals surface area contributed by atoms with Crippen molar-refractivity contribution in [3.63, 3.8) is 0 Å². The van der Waals surface area contributed by atoms with Crippen LogP contribution in [0.2, 0.25) is 10.0 Å². The molecule has 0 radical (unpaired) electrons. The Balaban J connectivity index is 1.49. The zero-order valence-electron chi connectivity index (χ0n) is 30.2. The number of halogens is 2. The number of hydrogen-bond donors (Lipinski definition) is 2. The molecule has 2 aromatic heterocycles. The lowest BCUT2D eigenvalue weighted by atomic mass is 9.92. The average Bonchev–Trinajstić information content (AvgIpc) is 3.09. The molecule has 0 spiro atoms. The van der Waals surface area contributed by atoms with Gasteiger partial charge in [-0.05, 0) is 66.3 Å². The van der Waals surface area contributed by atoms with E-state index in [-0.39, 0.29) is 31.0 Å². The Hall–Kier alpha value is -4.09. The number of likely N-dealkylation sites (N-methyl/N-ethyl adjacent to an activating group) is 1. The third kappa shape index (κ3) is 9.57. The van der Waals surface area contributed by atoms with Gasteiger partial charge in [0.1, 0.15) is 23.3 Å². The molecule has 0 saturated heterocycles. The molecule has 12 heteroatoms. The van der Waals surface area contributed by atoms with Crippen molar-refractivity contribution in [3.8, 4) is 34.6 Å². The Morgan fingerprint density at radius 3 is 1.56 bits per heavy atom. The van der Waals surface area contributed by atoms with Crippen LogP contribution in [0.4, 0.5) is 0 Å². The normalized spacial score (nSPS) is 11.8. The molecule has 0 bridgehead atoms. The molecule has 1 atom stereocenters. The number of rotatable bonds is 16. The molecule has 50 heavy (non-hydrogen) atoms. The number of hydrogen-bond acceptors (Lipinski definition) is 9. The molecular weight excluding hydrogens is 677 g/mol. The molecule has 10 nitrogen and oxygen atoms in total. The molecule has 2 N–H and O–H groups in total. The highest BCUT2D eigenvalue weighted by Crippen LogP contribution is 2.34. The predicted octanol–water partition coefficient (Wildman–Crippen LogP) is 7.31. The molecule has 2 aromatic carbocycles. The Bertz CT molecular complexity index is 1800. The maximum atomic E-state index is 12.2. The summed E-state index contributed by atoms with van der Waals surface area (Å²) in [6, 6.07) is 15.8. The van der Waals surface area contributed by atoms with Crippen molar-refractivity contribution in [1.82, 2.24) is 25.5 Å². The number of carbonyl (C=O) groups is 1. The van der Waals surface area contributed by atoms with Gasteiger partial charge in [0.05, 0.1) is 20.3 Å². The molecule has 2 heterocycles. The fourth-order valence-corrected chi connectivity index (χ4v) is 5.86. The fourth-order valence-electron chi connectivity index (χ4n) is 5.40. The summed E-state index contributed by atoms with van der Waals surface area (Å²) in [6.45, 7) is 11.6. The van der Waals surface area contributed by atoms with E-state index in [4.69, 9.17) is 42.1 Å². The fraction of sp³-hybridized carbons (Fsp3) is 0.395. The summed E-state index contributed by atoms with van der Waals surface area (Å²) in [5.74, 6) is 1.39. The van der Waals surface area contributed by atoms with Crippen molar-refractivity contribution in [2.75, 3.05) is 28.3 Å². The molecule has 4 aromatic rings. The van der Waals surface area contributed by atoms with E-state index in [1.165, 1.54) is 7.11 Å². The zero-order valence-corrected chi connectivity index (χ0v) is 31.8. The van der Waals surface area contributed by atoms with Crippen LogP contribution in [-0.4, -0.2) is 61.2 Å². The van der Waals surface area contributed by atoms with Crippen molar-refractivity contribution >= 4 is 29.1 Å². The number of nitrogens with zero attached hydrogens (tertiary/aromatic N) is 3. The number of carbonyl (C=O) groups excluding carboxylic acids is 1. The molecule has 1 amide bonds. The van der Waals surface area contributed by atoms with E-state index in [0.717, 1.165) is 38.9 Å². The first-order valence-corrected chi connectivity index (χ1v) is 17.2. The lowest BCUT2D eigenvalue weighted by Gasteiger charge is -2.19. The highest BCUT2D eigenvalue weighted by molar-refractivity contribution is 6.32. The van der Waals surface area contributed by atoms with Crippen LogP contribution < -0.4 is 29.6 Å². The van der Waals surface area contributed by atoms with Gasteiger partial charge < -0.3 is 34.5 Å². The second kappa shape index (κ2) is 17.7. The van der Waals surface area contributed by atoms with Gasteiger partial charge in [-0.2, -0.15) is 9.97 Å². The minimum Gasteiger partial charge on any atom is -0.481 e. The Kier molecular flexibility index (Phi) is 13.7. The summed E-state index contributed by atoms with van der Waals surface area (Å²) in [4.78, 5) is 22.9. The lowest BCUT2D eigenvalue weighted by molar-refractivity contribution is -0.130. The SMILES string of the molecule is COc1nc(OCc2cccc(-c3cccc(COc4nc(OC)c(CNC(C)C(=O)N(C)C)cc4Cl)c3C)c2C)c(Cl)cc1CNC(C)C. The van der Waals surface area contributed by atoms with E-state index < -0.39 is 0 Å². The highest BCUT2D eigenvalue weighted by atomic mass is 35.5. The maximum absolute atomic E-state index is 12.2. The third-order valence-electron chi connectivity index (χ3n) is 8.37. The maximum Gasteiger partial charge on any atom is 0.238 e. The lowest BCUT2D eigenvalue weighted by Crippen LogP contribution is -2.41. The van der Waals surface area contributed by atoms with Gasteiger partial charge in [-0.25, -0.2) is 0 Å². The topological polar surface area (TPSA) is 107 Å². The molecule has 0 aliphatic carbocycles. The van der Waals surface area contributed by atoms with Gasteiger partial charge in [0.25, 0.3) is 0 Å². The summed E-state index contributed by atoms with van der Waals surface area (Å²) < 4.78 is 23.3. The predicted molar refractivity (Wildman–Crippen MR) is 199 cm³/mol. The van der Waals surface area contributed by atoms with E-state index >= 15 is 0 Å². The molecular formula is C38H47Cl2N5O5. The van der Waals surface area contributed by atoms with Crippen molar-refractivity contribution in [3.05, 3.63) is 92.0 Å². The van der Waals surface area contributed by atoms with Gasteiger partial charge in [0.2, 0.25) is 29.4 Å². The standard InChI is InChI=1S/C38H47Cl2N5O5/c1-22(2)41-18-28-16-32(39)36(43-34(28)47-8)49-20-26-12-10-14-30(23(26)3)31-15-11-13-27(24(31)4)21-50-37-33(40)17-29(35(44-37)48-9)19-42-25(5)38(46)45(6)7/h10-17,22,25,41-42H,18-21H2,1-9H3. The minimum atomic E-state index is -0.384. The number of methoxy groups -OCH3 is 2. The largest absolute Gasteiger partial charge is 0.481 e. The van der Waals surface area contributed by atoms with Crippen LogP contribution >= 0.6 is 23.2 Å².